The van der Waals surface area contributed by atoms with Crippen molar-refractivity contribution in [2.24, 2.45) is 0 Å². The van der Waals surface area contributed by atoms with E-state index in [1.165, 1.54) is 16.9 Å². The Hall–Kier alpha value is -3.96. The zero-order chi connectivity index (χ0) is 32.5. The number of hydrogen-bond donors (Lipinski definition) is 1. The summed E-state index contributed by atoms with van der Waals surface area (Å²) in [4.78, 5) is 15.6. The van der Waals surface area contributed by atoms with Crippen molar-refractivity contribution in [3.05, 3.63) is 94.0 Å². The molecule has 1 amide bonds. The minimum absolute atomic E-state index is 0.0729. The molecule has 11 heteroatoms. The molecule has 46 heavy (non-hydrogen) atoms. The number of hydrogen-bond acceptors (Lipinski definition) is 8. The third kappa shape index (κ3) is 7.87. The van der Waals surface area contributed by atoms with Gasteiger partial charge in [-0.25, -0.2) is 8.42 Å². The molecule has 0 unspecified atom stereocenters. The van der Waals surface area contributed by atoms with Crippen LogP contribution in [0.1, 0.15) is 84.4 Å². The van der Waals surface area contributed by atoms with Gasteiger partial charge in [0.05, 0.1) is 17.5 Å². The molecule has 3 aromatic carbocycles. The number of anilines is 1. The fourth-order valence-corrected chi connectivity index (χ4v) is 7.47. The van der Waals surface area contributed by atoms with Crippen molar-refractivity contribution in [3.63, 3.8) is 0 Å². The number of nitrogens with zero attached hydrogens (tertiary/aromatic N) is 3. The maximum atomic E-state index is 13.8. The minimum Gasteiger partial charge on any atom is -0.488 e. The zero-order valence-electron chi connectivity index (χ0n) is 26.7. The highest BCUT2D eigenvalue weighted by atomic mass is 32.2. The zero-order valence-corrected chi connectivity index (χ0v) is 28.3. The molecule has 2 heterocycles. The van der Waals surface area contributed by atoms with E-state index in [-0.39, 0.29) is 23.2 Å². The Morgan fingerprint density at radius 3 is 2.30 bits per heavy atom. The molecule has 0 atom stereocenters. The fourth-order valence-electron chi connectivity index (χ4n) is 5.50. The summed E-state index contributed by atoms with van der Waals surface area (Å²) in [6.07, 6.45) is 3.60. The number of carbonyl (C=O) groups is 1. The number of piperidine rings is 1. The molecule has 1 aliphatic heterocycles. The first-order chi connectivity index (χ1) is 21.9. The van der Waals surface area contributed by atoms with Gasteiger partial charge in [0.2, 0.25) is 10.0 Å². The number of aryl methyl sites for hydroxylation is 1. The van der Waals surface area contributed by atoms with Crippen molar-refractivity contribution >= 4 is 33.0 Å². The Kier molecular flexibility index (Phi) is 9.07. The van der Waals surface area contributed by atoms with Gasteiger partial charge < -0.3 is 14.4 Å². The highest BCUT2D eigenvalue weighted by Gasteiger charge is 2.29. The van der Waals surface area contributed by atoms with E-state index in [1.807, 2.05) is 42.2 Å². The van der Waals surface area contributed by atoms with Gasteiger partial charge in [0.25, 0.3) is 11.1 Å². The van der Waals surface area contributed by atoms with E-state index in [2.05, 4.69) is 47.8 Å². The SMILES string of the molecule is Cc1cc(OC2CC2)c(NS(=O)(=O)Cc2ccccc2)cc1C(=O)N1CCC(c2ccc(Oc3nnc(C(C)(C)C)s3)cc2)CC1. The van der Waals surface area contributed by atoms with Crippen molar-refractivity contribution in [1.82, 2.24) is 15.1 Å². The number of sulfonamides is 1. The second-order valence-corrected chi connectivity index (χ2v) is 15.9. The van der Waals surface area contributed by atoms with Crippen LogP contribution >= 0.6 is 11.3 Å². The molecule has 0 spiro atoms. The summed E-state index contributed by atoms with van der Waals surface area (Å²) in [5.74, 6) is 1.22. The van der Waals surface area contributed by atoms with Crippen molar-refractivity contribution in [3.8, 4) is 16.7 Å². The van der Waals surface area contributed by atoms with E-state index in [0.29, 0.717) is 52.5 Å². The molecule has 2 aliphatic rings. The summed E-state index contributed by atoms with van der Waals surface area (Å²) in [5, 5.41) is 9.88. The number of likely N-dealkylation sites (tertiary alicyclic amines) is 1. The van der Waals surface area contributed by atoms with E-state index < -0.39 is 10.0 Å². The van der Waals surface area contributed by atoms with Crippen LogP contribution in [0.3, 0.4) is 0 Å². The maximum Gasteiger partial charge on any atom is 0.299 e. The van der Waals surface area contributed by atoms with Crippen LogP contribution in [0.15, 0.2) is 66.7 Å². The van der Waals surface area contributed by atoms with Crippen LogP contribution in [0, 0.1) is 6.92 Å². The lowest BCUT2D eigenvalue weighted by atomic mass is 9.89. The van der Waals surface area contributed by atoms with Crippen molar-refractivity contribution < 1.29 is 22.7 Å². The largest absolute Gasteiger partial charge is 0.488 e. The van der Waals surface area contributed by atoms with Crippen molar-refractivity contribution in [1.29, 1.82) is 0 Å². The first-order valence-corrected chi connectivity index (χ1v) is 18.2. The lowest BCUT2D eigenvalue weighted by molar-refractivity contribution is 0.0712. The molecule has 1 saturated heterocycles. The third-order valence-corrected chi connectivity index (χ3v) is 10.7. The van der Waals surface area contributed by atoms with Gasteiger partial charge in [-0.15, -0.1) is 5.10 Å². The Bertz CT molecular complexity index is 1790. The van der Waals surface area contributed by atoms with E-state index in [9.17, 15) is 13.2 Å². The van der Waals surface area contributed by atoms with E-state index in [0.717, 1.165) is 36.3 Å². The van der Waals surface area contributed by atoms with Crippen LogP contribution < -0.4 is 14.2 Å². The number of carbonyl (C=O) groups excluding carboxylic acids is 1. The fraction of sp³-hybridized carbons (Fsp3) is 0.400. The molecule has 0 bridgehead atoms. The predicted molar refractivity (Wildman–Crippen MR) is 181 cm³/mol. The van der Waals surface area contributed by atoms with Gasteiger partial charge in [0.15, 0.2) is 0 Å². The summed E-state index contributed by atoms with van der Waals surface area (Å²) in [5.41, 5.74) is 3.35. The van der Waals surface area contributed by atoms with Crippen LogP contribution in [0.2, 0.25) is 0 Å². The number of benzene rings is 3. The molecule has 1 aromatic heterocycles. The Morgan fingerprint density at radius 2 is 1.67 bits per heavy atom. The number of rotatable bonds is 10. The van der Waals surface area contributed by atoms with E-state index in [1.54, 1.807) is 24.3 Å². The summed E-state index contributed by atoms with van der Waals surface area (Å²) in [6, 6.07) is 20.5. The van der Waals surface area contributed by atoms with Crippen LogP contribution in [0.5, 0.6) is 16.7 Å². The number of ether oxygens (including phenoxy) is 2. The topological polar surface area (TPSA) is 111 Å². The van der Waals surface area contributed by atoms with Gasteiger partial charge in [0, 0.05) is 24.1 Å². The number of aromatic nitrogens is 2. The first kappa shape index (κ1) is 32.0. The van der Waals surface area contributed by atoms with Gasteiger partial charge in [-0.1, -0.05) is 79.7 Å². The normalized spacial score (nSPS) is 15.9. The first-order valence-electron chi connectivity index (χ1n) is 15.7. The van der Waals surface area contributed by atoms with E-state index >= 15 is 0 Å². The predicted octanol–water partition coefficient (Wildman–Crippen LogP) is 7.44. The van der Waals surface area contributed by atoms with Crippen LogP contribution in [0.4, 0.5) is 5.69 Å². The second kappa shape index (κ2) is 13.0. The highest BCUT2D eigenvalue weighted by Crippen LogP contribution is 2.37. The van der Waals surface area contributed by atoms with Crippen LogP contribution in [-0.2, 0) is 21.2 Å². The van der Waals surface area contributed by atoms with Crippen LogP contribution in [-0.4, -0.2) is 48.6 Å². The monoisotopic (exact) mass is 660 g/mol. The van der Waals surface area contributed by atoms with E-state index in [4.69, 9.17) is 9.47 Å². The second-order valence-electron chi connectivity index (χ2n) is 13.2. The van der Waals surface area contributed by atoms with Gasteiger partial charge >= 0.3 is 0 Å². The average Bonchev–Trinajstić information content (AvgIpc) is 3.71. The van der Waals surface area contributed by atoms with Crippen molar-refractivity contribution in [2.75, 3.05) is 17.8 Å². The third-order valence-electron chi connectivity index (χ3n) is 8.23. The van der Waals surface area contributed by atoms with Crippen LogP contribution in [0.25, 0.3) is 0 Å². The number of nitrogens with one attached hydrogen (secondary N) is 1. The Balaban J connectivity index is 1.11. The molecule has 2 fully saturated rings. The smallest absolute Gasteiger partial charge is 0.299 e. The quantitative estimate of drug-likeness (QED) is 0.188. The molecule has 1 N–H and O–H groups in total. The number of amides is 1. The summed E-state index contributed by atoms with van der Waals surface area (Å²) in [7, 11) is -3.74. The van der Waals surface area contributed by atoms with Gasteiger partial charge in [-0.2, -0.15) is 0 Å². The molecule has 4 aromatic rings. The molecular weight excluding hydrogens is 621 g/mol. The lowest BCUT2D eigenvalue weighted by Gasteiger charge is -2.33. The average molecular weight is 661 g/mol. The molecule has 0 radical (unpaired) electrons. The lowest BCUT2D eigenvalue weighted by Crippen LogP contribution is -2.38. The van der Waals surface area contributed by atoms with Crippen molar-refractivity contribution in [2.45, 2.75) is 76.6 Å². The standard InChI is InChI=1S/C35H40N4O5S2/c1-23-20-31(43-27-14-15-27)30(38-46(41,42)22-24-8-6-5-7-9-24)21-29(23)32(40)39-18-16-26(17-19-39)25-10-12-28(13-11-25)44-34-37-36-33(45-34)35(2,3)4/h5-13,20-21,26-27,38H,14-19,22H2,1-4H3. The molecule has 6 rings (SSSR count). The highest BCUT2D eigenvalue weighted by molar-refractivity contribution is 7.91. The van der Waals surface area contributed by atoms with Gasteiger partial charge in [-0.05, 0) is 79.5 Å². The summed E-state index contributed by atoms with van der Waals surface area (Å²) >= 11 is 1.46. The maximum absolute atomic E-state index is 13.8. The van der Waals surface area contributed by atoms with Gasteiger partial charge in [-0.3, -0.25) is 9.52 Å². The summed E-state index contributed by atoms with van der Waals surface area (Å²) < 4.78 is 41.0. The molecule has 1 saturated carbocycles. The molecule has 242 valence electrons. The summed E-state index contributed by atoms with van der Waals surface area (Å²) in [6.45, 7) is 9.39. The Morgan fingerprint density at radius 1 is 0.978 bits per heavy atom. The van der Waals surface area contributed by atoms with Gasteiger partial charge in [0.1, 0.15) is 16.5 Å². The molecule has 1 aliphatic carbocycles. The Labute approximate surface area is 275 Å². The minimum atomic E-state index is -3.74. The molecule has 9 nitrogen and oxygen atoms in total. The molecular formula is C35H40N4O5S2.